The largest absolute Gasteiger partial charge is 0.486 e. The quantitative estimate of drug-likeness (QED) is 0.734. The van der Waals surface area contributed by atoms with Gasteiger partial charge in [-0.2, -0.15) is 0 Å². The van der Waals surface area contributed by atoms with E-state index in [-0.39, 0.29) is 5.91 Å². The summed E-state index contributed by atoms with van der Waals surface area (Å²) in [4.78, 5) is 19.6. The second kappa shape index (κ2) is 9.39. The molecule has 160 valence electrons. The fourth-order valence-electron chi connectivity index (χ4n) is 4.14. The number of likely N-dealkylation sites (N-methyl/N-ethyl adjacent to an activating group) is 1. The zero-order chi connectivity index (χ0) is 20.9. The first-order valence-electron chi connectivity index (χ1n) is 10.8. The Morgan fingerprint density at radius 2 is 1.73 bits per heavy atom. The molecule has 0 saturated carbocycles. The summed E-state index contributed by atoms with van der Waals surface area (Å²) in [5.74, 6) is 1.73. The number of hydrogen-bond acceptors (Lipinski definition) is 5. The van der Waals surface area contributed by atoms with Crippen LogP contribution in [0.15, 0.2) is 42.5 Å². The minimum Gasteiger partial charge on any atom is -0.486 e. The van der Waals surface area contributed by atoms with Gasteiger partial charge in [-0.15, -0.1) is 0 Å². The molecular weight excluding hydrogens is 378 g/mol. The molecule has 0 aliphatic carbocycles. The van der Waals surface area contributed by atoms with E-state index in [0.29, 0.717) is 32.8 Å². The molecule has 6 heteroatoms. The minimum atomic E-state index is 0.178. The molecule has 1 fully saturated rings. The van der Waals surface area contributed by atoms with Crippen LogP contribution in [0.4, 0.5) is 5.69 Å². The van der Waals surface area contributed by atoms with Crippen LogP contribution in [0.1, 0.15) is 18.1 Å². The maximum atomic E-state index is 13.0. The maximum Gasteiger partial charge on any atom is 0.237 e. The lowest BCUT2D eigenvalue weighted by molar-refractivity contribution is -0.132. The van der Waals surface area contributed by atoms with Gasteiger partial charge in [-0.3, -0.25) is 9.69 Å². The van der Waals surface area contributed by atoms with Crippen LogP contribution in [0.2, 0.25) is 0 Å². The molecule has 1 amide bonds. The van der Waals surface area contributed by atoms with Crippen LogP contribution in [-0.2, 0) is 11.3 Å². The van der Waals surface area contributed by atoms with Gasteiger partial charge in [0.15, 0.2) is 11.5 Å². The Hall–Kier alpha value is -2.73. The number of hydrogen-bond donors (Lipinski definition) is 0. The van der Waals surface area contributed by atoms with E-state index >= 15 is 0 Å². The summed E-state index contributed by atoms with van der Waals surface area (Å²) in [5, 5.41) is 0. The predicted molar refractivity (Wildman–Crippen MR) is 118 cm³/mol. The summed E-state index contributed by atoms with van der Waals surface area (Å²) < 4.78 is 11.3. The predicted octanol–water partition coefficient (Wildman–Crippen LogP) is 2.94. The Balaban J connectivity index is 1.31. The zero-order valence-corrected chi connectivity index (χ0v) is 18.0. The van der Waals surface area contributed by atoms with Crippen molar-refractivity contribution in [3.8, 4) is 11.5 Å². The van der Waals surface area contributed by atoms with Gasteiger partial charge in [0.1, 0.15) is 13.2 Å². The molecule has 2 aliphatic rings. The van der Waals surface area contributed by atoms with Crippen molar-refractivity contribution in [2.45, 2.75) is 20.4 Å². The van der Waals surface area contributed by atoms with Gasteiger partial charge in [-0.1, -0.05) is 24.3 Å². The van der Waals surface area contributed by atoms with E-state index in [1.165, 1.54) is 11.3 Å². The number of anilines is 1. The summed E-state index contributed by atoms with van der Waals surface area (Å²) in [7, 11) is 0. The first-order valence-corrected chi connectivity index (χ1v) is 10.8. The first-order chi connectivity index (χ1) is 14.6. The van der Waals surface area contributed by atoms with Crippen molar-refractivity contribution in [2.24, 2.45) is 0 Å². The van der Waals surface area contributed by atoms with E-state index < -0.39 is 0 Å². The number of fused-ring (bicyclic) bond motifs is 1. The molecular formula is C24H31N3O3. The average Bonchev–Trinajstić information content (AvgIpc) is 2.78. The van der Waals surface area contributed by atoms with Gasteiger partial charge in [0.05, 0.1) is 6.54 Å². The van der Waals surface area contributed by atoms with Gasteiger partial charge < -0.3 is 19.3 Å². The van der Waals surface area contributed by atoms with Gasteiger partial charge in [-0.25, -0.2) is 0 Å². The van der Waals surface area contributed by atoms with Crippen LogP contribution in [0.3, 0.4) is 0 Å². The number of benzene rings is 2. The van der Waals surface area contributed by atoms with E-state index in [9.17, 15) is 4.79 Å². The van der Waals surface area contributed by atoms with E-state index in [1.807, 2.05) is 30.0 Å². The highest BCUT2D eigenvalue weighted by atomic mass is 16.6. The van der Waals surface area contributed by atoms with Crippen molar-refractivity contribution >= 4 is 11.6 Å². The molecule has 1 saturated heterocycles. The molecule has 0 bridgehead atoms. The Bertz CT molecular complexity index is 878. The highest BCUT2D eigenvalue weighted by Gasteiger charge is 2.22. The lowest BCUT2D eigenvalue weighted by Crippen LogP contribution is -2.50. The van der Waals surface area contributed by atoms with Crippen LogP contribution < -0.4 is 14.4 Å². The third-order valence-electron chi connectivity index (χ3n) is 5.90. The zero-order valence-electron chi connectivity index (χ0n) is 18.0. The molecule has 0 atom stereocenters. The number of carbonyl (C=O) groups is 1. The van der Waals surface area contributed by atoms with E-state index in [2.05, 4.69) is 41.0 Å². The fraction of sp³-hybridized carbons (Fsp3) is 0.458. The lowest BCUT2D eigenvalue weighted by atomic mass is 10.1. The van der Waals surface area contributed by atoms with Crippen molar-refractivity contribution in [3.63, 3.8) is 0 Å². The summed E-state index contributed by atoms with van der Waals surface area (Å²) in [6.07, 6.45) is 0. The summed E-state index contributed by atoms with van der Waals surface area (Å²) in [5.41, 5.74) is 3.68. The Labute approximate surface area is 179 Å². The van der Waals surface area contributed by atoms with E-state index in [0.717, 1.165) is 43.2 Å². The lowest BCUT2D eigenvalue weighted by Gasteiger charge is -2.37. The van der Waals surface area contributed by atoms with Crippen LogP contribution in [0.25, 0.3) is 0 Å². The number of aryl methyl sites for hydroxylation is 1. The first kappa shape index (κ1) is 20.5. The Morgan fingerprint density at radius 3 is 2.47 bits per heavy atom. The number of nitrogens with zero attached hydrogens (tertiary/aromatic N) is 3. The van der Waals surface area contributed by atoms with Gasteiger partial charge >= 0.3 is 0 Å². The van der Waals surface area contributed by atoms with Crippen molar-refractivity contribution < 1.29 is 14.3 Å². The molecule has 2 heterocycles. The van der Waals surface area contributed by atoms with Crippen LogP contribution >= 0.6 is 0 Å². The summed E-state index contributed by atoms with van der Waals surface area (Å²) in [6.45, 7) is 10.8. The summed E-state index contributed by atoms with van der Waals surface area (Å²) >= 11 is 0. The second-order valence-corrected chi connectivity index (χ2v) is 7.94. The van der Waals surface area contributed by atoms with Gasteiger partial charge in [-0.05, 0) is 43.2 Å². The van der Waals surface area contributed by atoms with Gasteiger partial charge in [0, 0.05) is 45.0 Å². The van der Waals surface area contributed by atoms with Gasteiger partial charge in [0.2, 0.25) is 5.91 Å². The van der Waals surface area contributed by atoms with Gasteiger partial charge in [0.25, 0.3) is 0 Å². The molecule has 2 aromatic carbocycles. The topological polar surface area (TPSA) is 45.3 Å². The van der Waals surface area contributed by atoms with Crippen molar-refractivity contribution in [3.05, 3.63) is 53.6 Å². The smallest absolute Gasteiger partial charge is 0.237 e. The molecule has 2 aromatic rings. The molecule has 0 spiro atoms. The van der Waals surface area contributed by atoms with Crippen molar-refractivity contribution in [2.75, 3.05) is 57.4 Å². The molecule has 2 aliphatic heterocycles. The minimum absolute atomic E-state index is 0.178. The molecule has 0 aromatic heterocycles. The van der Waals surface area contributed by atoms with Crippen molar-refractivity contribution in [1.29, 1.82) is 0 Å². The maximum absolute atomic E-state index is 13.0. The highest BCUT2D eigenvalue weighted by Crippen LogP contribution is 2.31. The monoisotopic (exact) mass is 409 g/mol. The third-order valence-corrected chi connectivity index (χ3v) is 5.90. The molecule has 30 heavy (non-hydrogen) atoms. The SMILES string of the molecule is CCN(Cc1ccc2c(c1)OCCO2)C(=O)CN1CCN(c2ccccc2C)CC1. The Kier molecular flexibility index (Phi) is 6.43. The Morgan fingerprint density at radius 1 is 1.00 bits per heavy atom. The average molecular weight is 410 g/mol. The van der Waals surface area contributed by atoms with Crippen LogP contribution in [-0.4, -0.2) is 68.2 Å². The molecule has 0 unspecified atom stereocenters. The van der Waals surface area contributed by atoms with E-state index in [4.69, 9.17) is 9.47 Å². The van der Waals surface area contributed by atoms with E-state index in [1.54, 1.807) is 0 Å². The highest BCUT2D eigenvalue weighted by molar-refractivity contribution is 5.78. The fourth-order valence-corrected chi connectivity index (χ4v) is 4.14. The number of amides is 1. The number of ether oxygens (including phenoxy) is 2. The number of carbonyl (C=O) groups excluding carboxylic acids is 1. The van der Waals surface area contributed by atoms with Crippen molar-refractivity contribution in [1.82, 2.24) is 9.80 Å². The molecule has 0 N–H and O–H groups in total. The molecule has 0 radical (unpaired) electrons. The number of piperazine rings is 1. The molecule has 4 rings (SSSR count). The van der Waals surface area contributed by atoms with Crippen LogP contribution in [0, 0.1) is 6.92 Å². The third kappa shape index (κ3) is 4.70. The number of para-hydroxylation sites is 1. The van der Waals surface area contributed by atoms with Crippen LogP contribution in [0.5, 0.6) is 11.5 Å². The normalized spacial score (nSPS) is 16.4. The molecule has 6 nitrogen and oxygen atoms in total. The summed E-state index contributed by atoms with van der Waals surface area (Å²) in [6, 6.07) is 14.5. The number of rotatable bonds is 6. The standard InChI is InChI=1S/C24H31N3O3/c1-3-26(17-20-8-9-22-23(16-20)30-15-14-29-22)24(28)18-25-10-12-27(13-11-25)21-7-5-4-6-19(21)2/h4-9,16H,3,10-15,17-18H2,1-2H3. The second-order valence-electron chi connectivity index (χ2n) is 7.94.